The van der Waals surface area contributed by atoms with Crippen molar-refractivity contribution in [2.45, 2.75) is 36.5 Å². The minimum absolute atomic E-state index is 0.0160. The summed E-state index contributed by atoms with van der Waals surface area (Å²) in [5.41, 5.74) is 2.59. The zero-order valence-corrected chi connectivity index (χ0v) is 26.5. The largest absolute Gasteiger partial charge is 0.466 e. The van der Waals surface area contributed by atoms with Crippen molar-refractivity contribution in [3.05, 3.63) is 101 Å². The number of hydrogen-bond donors (Lipinski definition) is 0. The highest BCUT2D eigenvalue weighted by Crippen LogP contribution is 2.31. The maximum absolute atomic E-state index is 13.7. The molecule has 1 saturated heterocycles. The van der Waals surface area contributed by atoms with Gasteiger partial charge in [-0.25, -0.2) is 21.5 Å². The monoisotopic (exact) mass is 644 g/mol. The molecule has 0 saturated carbocycles. The molecule has 5 rings (SSSR count). The summed E-state index contributed by atoms with van der Waals surface area (Å²) < 4.78 is 62.2. The third-order valence-corrected chi connectivity index (χ3v) is 11.2. The number of nitrogens with zero attached hydrogens (tertiary/aromatic N) is 4. The van der Waals surface area contributed by atoms with E-state index in [-0.39, 0.29) is 41.4 Å². The fraction of sp³-hybridized carbons (Fsp3) is 0.242. The highest BCUT2D eigenvalue weighted by molar-refractivity contribution is 7.95. The molecule has 0 radical (unpaired) electrons. The molecule has 1 fully saturated rings. The van der Waals surface area contributed by atoms with Crippen molar-refractivity contribution < 1.29 is 26.4 Å². The Morgan fingerprint density at radius 2 is 1.67 bits per heavy atom. The van der Waals surface area contributed by atoms with E-state index in [9.17, 15) is 26.9 Å². The first-order valence-corrected chi connectivity index (χ1v) is 17.3. The van der Waals surface area contributed by atoms with Crippen molar-refractivity contribution >= 4 is 31.9 Å². The van der Waals surface area contributed by atoms with E-state index < -0.39 is 24.8 Å². The summed E-state index contributed by atoms with van der Waals surface area (Å²) in [5.74, 6) is -0.656. The van der Waals surface area contributed by atoms with Crippen LogP contribution in [0.5, 0.6) is 0 Å². The zero-order valence-electron chi connectivity index (χ0n) is 24.8. The smallest absolute Gasteiger partial charge is 0.309 e. The molecule has 0 unspecified atom stereocenters. The van der Waals surface area contributed by atoms with Crippen LogP contribution < -0.4 is 0 Å². The summed E-state index contributed by atoms with van der Waals surface area (Å²) in [4.78, 5) is 11.7. The molecule has 1 aromatic heterocycles. The molecule has 3 aromatic carbocycles. The minimum atomic E-state index is -4.15. The van der Waals surface area contributed by atoms with Crippen LogP contribution in [0.3, 0.4) is 0 Å². The van der Waals surface area contributed by atoms with E-state index in [1.54, 1.807) is 42.1 Å². The number of benzene rings is 3. The number of aromatic nitrogens is 2. The fourth-order valence-corrected chi connectivity index (χ4v) is 7.80. The van der Waals surface area contributed by atoms with Crippen LogP contribution in [0.2, 0.25) is 0 Å². The van der Waals surface area contributed by atoms with Crippen LogP contribution in [0.15, 0.2) is 99.8 Å². The number of hydrogen-bond acceptors (Lipinski definition) is 8. The van der Waals surface area contributed by atoms with Gasteiger partial charge in [-0.1, -0.05) is 48.0 Å². The summed E-state index contributed by atoms with van der Waals surface area (Å²) >= 11 is 0. The number of aryl methyl sites for hydroxylation is 1. The van der Waals surface area contributed by atoms with Gasteiger partial charge in [0, 0.05) is 30.4 Å². The van der Waals surface area contributed by atoms with E-state index in [0.29, 0.717) is 35.3 Å². The van der Waals surface area contributed by atoms with Gasteiger partial charge in [0.1, 0.15) is 16.7 Å². The summed E-state index contributed by atoms with van der Waals surface area (Å²) in [6.07, 6.45) is 3.59. The van der Waals surface area contributed by atoms with Gasteiger partial charge >= 0.3 is 5.97 Å². The van der Waals surface area contributed by atoms with Gasteiger partial charge in [0.05, 0.1) is 28.0 Å². The van der Waals surface area contributed by atoms with Gasteiger partial charge in [0.15, 0.2) is 0 Å². The average molecular weight is 645 g/mol. The molecule has 0 aliphatic carbocycles. The molecule has 4 aromatic rings. The van der Waals surface area contributed by atoms with Crippen LogP contribution in [0.25, 0.3) is 23.0 Å². The molecule has 0 bridgehead atoms. The molecule has 10 nitrogen and oxygen atoms in total. The molecular formula is C33H32N4O6S2. The van der Waals surface area contributed by atoms with E-state index in [1.165, 1.54) is 34.6 Å². The predicted octanol–water partition coefficient (Wildman–Crippen LogP) is 5.15. The molecule has 1 aliphatic rings. The number of para-hydroxylation sites is 1. The van der Waals surface area contributed by atoms with Gasteiger partial charge < -0.3 is 4.74 Å². The van der Waals surface area contributed by atoms with Crippen molar-refractivity contribution in [3.8, 4) is 23.0 Å². The van der Waals surface area contributed by atoms with Gasteiger partial charge in [0.2, 0.25) is 19.9 Å². The molecule has 0 N–H and O–H groups in total. The number of carbonyl (C=O) groups is 1. The average Bonchev–Trinajstić information content (AvgIpc) is 3.48. The number of esters is 1. The maximum atomic E-state index is 13.7. The number of piperidine rings is 1. The Kier molecular flexibility index (Phi) is 9.34. The standard InChI is InChI=1S/C33H32N4O6S2/c1-3-43-33(38)25-16-18-36(19-17-25)45(41,42)30-11-7-8-26(20-30)32-27(23-37(35-32)28-9-5-4-6-10-28)21-31(22-34)44(39,40)29-14-12-24(2)13-15-29/h4-15,20-21,23,25H,3,16-19H2,1-2H3/b31-21-. The quantitative estimate of drug-likeness (QED) is 0.180. The molecule has 0 atom stereocenters. The Hall–Kier alpha value is -4.57. The number of rotatable bonds is 9. The van der Waals surface area contributed by atoms with Gasteiger partial charge in [-0.2, -0.15) is 14.7 Å². The van der Waals surface area contributed by atoms with Crippen molar-refractivity contribution in [2.75, 3.05) is 19.7 Å². The third kappa shape index (κ3) is 6.76. The number of allylic oxidation sites excluding steroid dienone is 1. The van der Waals surface area contributed by atoms with Crippen molar-refractivity contribution in [1.29, 1.82) is 5.26 Å². The molecule has 2 heterocycles. The second-order valence-electron chi connectivity index (χ2n) is 10.6. The number of nitriles is 1. The van der Waals surface area contributed by atoms with E-state index in [4.69, 9.17) is 9.84 Å². The summed E-state index contributed by atoms with van der Waals surface area (Å²) in [6.45, 7) is 4.19. The van der Waals surface area contributed by atoms with Gasteiger partial charge in [-0.3, -0.25) is 4.79 Å². The van der Waals surface area contributed by atoms with E-state index >= 15 is 0 Å². The molecule has 45 heavy (non-hydrogen) atoms. The first-order chi connectivity index (χ1) is 21.5. The van der Waals surface area contributed by atoms with E-state index in [1.807, 2.05) is 43.3 Å². The molecule has 12 heteroatoms. The fourth-order valence-electron chi connectivity index (χ4n) is 5.13. The van der Waals surface area contributed by atoms with Gasteiger partial charge in [-0.15, -0.1) is 0 Å². The van der Waals surface area contributed by atoms with E-state index in [0.717, 1.165) is 5.56 Å². The highest BCUT2D eigenvalue weighted by Gasteiger charge is 2.33. The number of ether oxygens (including phenoxy) is 1. The third-order valence-electron chi connectivity index (χ3n) is 7.60. The number of carbonyl (C=O) groups excluding carboxylic acids is 1. The van der Waals surface area contributed by atoms with Crippen LogP contribution in [0, 0.1) is 24.2 Å². The van der Waals surface area contributed by atoms with Crippen molar-refractivity contribution in [2.24, 2.45) is 5.92 Å². The molecule has 1 aliphatic heterocycles. The lowest BCUT2D eigenvalue weighted by atomic mass is 9.98. The second kappa shape index (κ2) is 13.2. The highest BCUT2D eigenvalue weighted by atomic mass is 32.2. The first kappa shape index (κ1) is 31.8. The molecular weight excluding hydrogens is 613 g/mol. The second-order valence-corrected chi connectivity index (χ2v) is 14.5. The first-order valence-electron chi connectivity index (χ1n) is 14.4. The molecule has 0 spiro atoms. The van der Waals surface area contributed by atoms with Crippen LogP contribution >= 0.6 is 0 Å². The van der Waals surface area contributed by atoms with Crippen molar-refractivity contribution in [3.63, 3.8) is 0 Å². The Morgan fingerprint density at radius 1 is 0.978 bits per heavy atom. The Bertz CT molecular complexity index is 1990. The summed E-state index contributed by atoms with van der Waals surface area (Å²) in [5, 5.41) is 14.7. The minimum Gasteiger partial charge on any atom is -0.466 e. The van der Waals surface area contributed by atoms with Crippen LogP contribution in [-0.4, -0.2) is 56.6 Å². The van der Waals surface area contributed by atoms with Gasteiger partial charge in [0.25, 0.3) is 0 Å². The summed E-state index contributed by atoms with van der Waals surface area (Å²) in [7, 11) is -8.07. The topological polar surface area (TPSA) is 139 Å². The Balaban J connectivity index is 1.54. The summed E-state index contributed by atoms with van der Waals surface area (Å²) in [6, 6.07) is 23.4. The van der Waals surface area contributed by atoms with Gasteiger partial charge in [-0.05, 0) is 69.2 Å². The lowest BCUT2D eigenvalue weighted by molar-refractivity contribution is -0.149. The van der Waals surface area contributed by atoms with Crippen LogP contribution in [0.4, 0.5) is 0 Å². The maximum Gasteiger partial charge on any atom is 0.309 e. The molecule has 232 valence electrons. The van der Waals surface area contributed by atoms with E-state index in [2.05, 4.69) is 0 Å². The zero-order chi connectivity index (χ0) is 32.2. The number of sulfone groups is 1. The van der Waals surface area contributed by atoms with Crippen LogP contribution in [-0.2, 0) is 29.4 Å². The van der Waals surface area contributed by atoms with Crippen LogP contribution in [0.1, 0.15) is 30.9 Å². The molecule has 0 amide bonds. The normalized spacial score (nSPS) is 15.0. The predicted molar refractivity (Wildman–Crippen MR) is 169 cm³/mol. The Labute approximate surface area is 263 Å². The lowest BCUT2D eigenvalue weighted by Crippen LogP contribution is -2.40. The Morgan fingerprint density at radius 3 is 2.31 bits per heavy atom. The number of sulfonamides is 1. The van der Waals surface area contributed by atoms with Crippen molar-refractivity contribution in [1.82, 2.24) is 14.1 Å². The lowest BCUT2D eigenvalue weighted by Gasteiger charge is -2.30. The SMILES string of the molecule is CCOC(=O)C1CCN(S(=O)(=O)c2cccc(-c3nn(-c4ccccc4)cc3/C=C(/C#N)S(=O)(=O)c3ccc(C)cc3)c2)CC1.